The maximum Gasteiger partial charge on any atom is 0.287 e. The van der Waals surface area contributed by atoms with Gasteiger partial charge < -0.3 is 31.3 Å². The third kappa shape index (κ3) is 9.40. The van der Waals surface area contributed by atoms with Gasteiger partial charge in [0, 0.05) is 44.7 Å². The fraction of sp³-hybridized carbons (Fsp3) is 0.658. The molecule has 4 heterocycles. The Morgan fingerprint density at radius 3 is 2.28 bits per heavy atom. The molecule has 2 aromatic rings. The molecule has 3 atom stereocenters. The van der Waals surface area contributed by atoms with E-state index in [1.807, 2.05) is 29.6 Å². The highest BCUT2D eigenvalue weighted by molar-refractivity contribution is 14.1. The Bertz CT molecular complexity index is 1970. The number of halogens is 1. The second-order valence-electron chi connectivity index (χ2n) is 16.5. The second kappa shape index (κ2) is 17.8. The van der Waals surface area contributed by atoms with Crippen molar-refractivity contribution in [2.45, 2.75) is 103 Å². The fourth-order valence-corrected chi connectivity index (χ4v) is 12.2. The van der Waals surface area contributed by atoms with Crippen molar-refractivity contribution in [3.63, 3.8) is 0 Å². The van der Waals surface area contributed by atoms with E-state index in [0.29, 0.717) is 49.8 Å². The summed E-state index contributed by atoms with van der Waals surface area (Å²) in [6, 6.07) is 3.93. The van der Waals surface area contributed by atoms with E-state index in [1.54, 1.807) is 25.6 Å². The van der Waals surface area contributed by atoms with Crippen molar-refractivity contribution >= 4 is 73.8 Å². The number of thioether (sulfide) groups is 1. The average molecular weight is 956 g/mol. The number of aliphatic hydroxyl groups is 1. The molecule has 4 fully saturated rings. The molecule has 5 N–H and O–H groups in total. The molecular formula is C38H54IN9O8S2. The maximum atomic E-state index is 15.1. The number of rotatable bonds is 13. The number of piperazine rings is 1. The highest BCUT2D eigenvalue weighted by atomic mass is 127. The van der Waals surface area contributed by atoms with Crippen molar-refractivity contribution in [3.05, 3.63) is 41.7 Å². The molecule has 0 bridgehead atoms. The molecule has 4 aliphatic rings. The maximum absolute atomic E-state index is 15.1. The third-order valence-corrected chi connectivity index (χ3v) is 16.4. The Labute approximate surface area is 357 Å². The summed E-state index contributed by atoms with van der Waals surface area (Å²) in [7, 11) is -1.84. The van der Waals surface area contributed by atoms with Gasteiger partial charge >= 0.3 is 0 Å². The molecule has 6 rings (SSSR count). The number of nitrogens with zero attached hydrogens (tertiary/aromatic N) is 6. The molecule has 0 radical (unpaired) electrons. The van der Waals surface area contributed by atoms with Gasteiger partial charge in [0.1, 0.15) is 17.2 Å². The third-order valence-electron chi connectivity index (χ3n) is 12.0. The second-order valence-corrected chi connectivity index (χ2v) is 21.5. The molecule has 1 saturated carbocycles. The molecule has 17 nitrogen and oxygen atoms in total. The van der Waals surface area contributed by atoms with E-state index >= 15 is 4.79 Å². The van der Waals surface area contributed by atoms with E-state index in [0.717, 1.165) is 32.1 Å². The number of hydrogen-bond donors (Lipinski definition) is 4. The van der Waals surface area contributed by atoms with Gasteiger partial charge in [0.25, 0.3) is 17.7 Å². The van der Waals surface area contributed by atoms with E-state index in [2.05, 4.69) is 25.8 Å². The number of carbonyl (C=O) groups is 5. The number of likely N-dealkylation sites (tertiary alicyclic amines) is 1. The number of ketones is 1. The Balaban J connectivity index is 1.32. The first-order valence-corrected chi connectivity index (χ1v) is 23.5. The van der Waals surface area contributed by atoms with Gasteiger partial charge in [-0.15, -0.1) is 5.10 Å². The van der Waals surface area contributed by atoms with Crippen LogP contribution < -0.4 is 16.4 Å². The van der Waals surface area contributed by atoms with E-state index in [1.165, 1.54) is 44.3 Å². The molecule has 4 amide bonds. The molecule has 318 valence electrons. The highest BCUT2D eigenvalue weighted by Gasteiger charge is 2.57. The Morgan fingerprint density at radius 2 is 1.67 bits per heavy atom. The molecule has 58 heavy (non-hydrogen) atoms. The van der Waals surface area contributed by atoms with Gasteiger partial charge in [0.15, 0.2) is 3.55 Å². The summed E-state index contributed by atoms with van der Waals surface area (Å²) in [5.41, 5.74) is 3.10. The number of Topliss-reactive ketones (excluding diaryl/α,β-unsaturated/α-hetero) is 1. The molecule has 1 aromatic carbocycles. The molecule has 1 aromatic heterocycles. The van der Waals surface area contributed by atoms with Crippen LogP contribution in [0.4, 0.5) is 0 Å². The summed E-state index contributed by atoms with van der Waals surface area (Å²) in [5.74, 6) is -2.72. The quantitative estimate of drug-likeness (QED) is 0.0971. The van der Waals surface area contributed by atoms with E-state index in [9.17, 15) is 32.7 Å². The Morgan fingerprint density at radius 1 is 1.03 bits per heavy atom. The summed E-state index contributed by atoms with van der Waals surface area (Å²) in [6.07, 6.45) is 6.83. The molecule has 3 saturated heterocycles. The number of hydrogen-bond acceptors (Lipinski definition) is 12. The number of carbonyl (C=O) groups excluding carboxylic acids is 5. The van der Waals surface area contributed by atoms with Gasteiger partial charge in [-0.1, -0.05) is 37.3 Å². The standard InChI is InChI=1S/C38H54IN9O8S2/c1-36(2,54)30-23-41-44-48(30)27-22-38(39,35(53)43-37(31(49)32(40)50)13-19-57-20-14-37)47(24-27)34(52)29(21-25-7-5-4-6-8-25)42-33(51)26-9-11-28(12-10-26)58(55,56)46-17-15-45(3)16-18-46/h9-12,23,25,27,29,54H,4-8,13-22,24H2,1-3H3,(H2,40,50)(H,42,51)(H,43,53)/t27-,29?,38+/m0/s1. The van der Waals surface area contributed by atoms with Crippen molar-refractivity contribution in [2.75, 3.05) is 51.3 Å². The van der Waals surface area contributed by atoms with Crippen LogP contribution in [0, 0.1) is 5.92 Å². The van der Waals surface area contributed by atoms with E-state index in [4.69, 9.17) is 5.73 Å². The highest BCUT2D eigenvalue weighted by Crippen LogP contribution is 2.44. The van der Waals surface area contributed by atoms with Crippen LogP contribution >= 0.6 is 34.4 Å². The van der Waals surface area contributed by atoms with Crippen molar-refractivity contribution in [1.29, 1.82) is 0 Å². The lowest BCUT2D eigenvalue weighted by Crippen LogP contribution is -2.66. The monoisotopic (exact) mass is 955 g/mol. The first-order chi connectivity index (χ1) is 27.4. The van der Waals surface area contributed by atoms with Crippen molar-refractivity contribution in [3.8, 4) is 0 Å². The minimum Gasteiger partial charge on any atom is -0.384 e. The van der Waals surface area contributed by atoms with Gasteiger partial charge in [0.05, 0.1) is 22.8 Å². The molecule has 1 aliphatic carbocycles. The smallest absolute Gasteiger partial charge is 0.287 e. The van der Waals surface area contributed by atoms with Crippen LogP contribution in [0.25, 0.3) is 0 Å². The molecule has 3 aliphatic heterocycles. The zero-order valence-electron chi connectivity index (χ0n) is 33.2. The van der Waals surface area contributed by atoms with Gasteiger partial charge in [-0.25, -0.2) is 13.1 Å². The molecular weight excluding hydrogens is 902 g/mol. The SMILES string of the molecule is CN1CCN(S(=O)(=O)c2ccc(C(=O)NC(CC3CCCCC3)C(=O)N3C[C@@H](n4nncc4C(C)(C)O)C[C@]3(I)C(=O)NC3(C(=O)C(N)=O)CCSCC3)cc2)CC1. The van der Waals surface area contributed by atoms with Crippen LogP contribution in [-0.2, 0) is 34.8 Å². The van der Waals surface area contributed by atoms with Crippen LogP contribution in [0.1, 0.15) is 93.7 Å². The van der Waals surface area contributed by atoms with Crippen molar-refractivity contribution in [1.82, 2.24) is 39.7 Å². The lowest BCUT2D eigenvalue weighted by Gasteiger charge is -2.40. The zero-order chi connectivity index (χ0) is 42.0. The minimum absolute atomic E-state index is 0.000497. The first-order valence-electron chi connectivity index (χ1n) is 19.8. The van der Waals surface area contributed by atoms with Crippen LogP contribution in [-0.4, -0.2) is 138 Å². The lowest BCUT2D eigenvalue weighted by molar-refractivity contribution is -0.145. The summed E-state index contributed by atoms with van der Waals surface area (Å²) in [6.45, 7) is 5.04. The Hall–Kier alpha value is -3.18. The van der Waals surface area contributed by atoms with Crippen molar-refractivity contribution < 1.29 is 37.5 Å². The van der Waals surface area contributed by atoms with Crippen LogP contribution in [0.2, 0.25) is 0 Å². The number of likely N-dealkylation sites (N-methyl/N-ethyl adjacent to an activating group) is 1. The van der Waals surface area contributed by atoms with Gasteiger partial charge in [-0.2, -0.15) is 16.1 Å². The van der Waals surface area contributed by atoms with Crippen molar-refractivity contribution in [2.24, 2.45) is 11.7 Å². The summed E-state index contributed by atoms with van der Waals surface area (Å²) in [5, 5.41) is 25.1. The van der Waals surface area contributed by atoms with Crippen LogP contribution in [0.5, 0.6) is 0 Å². The summed E-state index contributed by atoms with van der Waals surface area (Å²) in [4.78, 5) is 73.0. The number of sulfonamides is 1. The number of alkyl halides is 1. The minimum atomic E-state index is -3.78. The fourth-order valence-electron chi connectivity index (χ4n) is 8.48. The number of nitrogens with one attached hydrogen (secondary N) is 2. The Kier molecular flexibility index (Phi) is 13.6. The number of amides is 4. The molecule has 1 unspecified atom stereocenters. The predicted molar refractivity (Wildman–Crippen MR) is 224 cm³/mol. The number of aromatic nitrogens is 3. The van der Waals surface area contributed by atoms with Crippen LogP contribution in [0.15, 0.2) is 35.4 Å². The number of benzene rings is 1. The van der Waals surface area contributed by atoms with E-state index in [-0.39, 0.29) is 42.2 Å². The number of primary amides is 1. The number of nitrogens with two attached hydrogens (primary N) is 1. The van der Waals surface area contributed by atoms with Crippen LogP contribution in [0.3, 0.4) is 0 Å². The lowest BCUT2D eigenvalue weighted by atomic mass is 9.84. The summed E-state index contributed by atoms with van der Waals surface area (Å²) >= 11 is 3.51. The molecule has 20 heteroatoms. The molecule has 0 spiro atoms. The predicted octanol–water partition coefficient (Wildman–Crippen LogP) is 1.55. The van der Waals surface area contributed by atoms with Gasteiger partial charge in [-0.3, -0.25) is 24.0 Å². The van der Waals surface area contributed by atoms with Gasteiger partial charge in [0.2, 0.25) is 21.7 Å². The van der Waals surface area contributed by atoms with E-state index < -0.39 is 66.2 Å². The largest absolute Gasteiger partial charge is 0.384 e. The summed E-state index contributed by atoms with van der Waals surface area (Å²) < 4.78 is 28.1. The normalized spacial score (nSPS) is 24.2. The first kappa shape index (κ1) is 44.4. The van der Waals surface area contributed by atoms with Gasteiger partial charge in [-0.05, 0) is 104 Å². The topological polar surface area (TPSA) is 230 Å². The zero-order valence-corrected chi connectivity index (χ0v) is 37.0. The average Bonchev–Trinajstić information content (AvgIpc) is 3.84.